The Morgan fingerprint density at radius 3 is 2.31 bits per heavy atom. The van der Waals surface area contributed by atoms with Crippen LogP contribution in [0.2, 0.25) is 0 Å². The SMILES string of the molecule is CCC(N)CCC(N)CCOOO. The Balaban J connectivity index is 3.24. The molecule has 0 aliphatic heterocycles. The normalized spacial score (nSPS) is 15.7. The van der Waals surface area contributed by atoms with Gasteiger partial charge < -0.3 is 11.5 Å². The fourth-order valence-electron chi connectivity index (χ4n) is 1.01. The molecule has 0 rings (SSSR count). The predicted molar refractivity (Wildman–Crippen MR) is 49.8 cm³/mol. The Morgan fingerprint density at radius 2 is 1.77 bits per heavy atom. The lowest BCUT2D eigenvalue weighted by Crippen LogP contribution is -2.26. The summed E-state index contributed by atoms with van der Waals surface area (Å²) in [6.45, 7) is 2.36. The molecule has 80 valence electrons. The highest BCUT2D eigenvalue weighted by molar-refractivity contribution is 4.66. The van der Waals surface area contributed by atoms with Crippen molar-refractivity contribution in [3.8, 4) is 0 Å². The topological polar surface area (TPSA) is 90.7 Å². The van der Waals surface area contributed by atoms with Gasteiger partial charge in [-0.1, -0.05) is 12.0 Å². The molecule has 2 unspecified atom stereocenters. The van der Waals surface area contributed by atoms with Crippen molar-refractivity contribution >= 4 is 0 Å². The number of hydrogen-bond donors (Lipinski definition) is 3. The zero-order chi connectivity index (χ0) is 10.1. The van der Waals surface area contributed by atoms with Crippen LogP contribution in [-0.4, -0.2) is 23.9 Å². The second-order valence-electron chi connectivity index (χ2n) is 3.19. The first kappa shape index (κ1) is 12.8. The fourth-order valence-corrected chi connectivity index (χ4v) is 1.01. The van der Waals surface area contributed by atoms with E-state index in [2.05, 4.69) is 16.8 Å². The second kappa shape index (κ2) is 8.40. The van der Waals surface area contributed by atoms with E-state index in [1.165, 1.54) is 0 Å². The first-order chi connectivity index (χ1) is 6.20. The minimum atomic E-state index is 0.0627. The molecule has 13 heavy (non-hydrogen) atoms. The van der Waals surface area contributed by atoms with Crippen molar-refractivity contribution in [1.82, 2.24) is 0 Å². The molecule has 0 aromatic carbocycles. The molecule has 0 heterocycles. The molecule has 0 saturated heterocycles. The van der Waals surface area contributed by atoms with E-state index in [9.17, 15) is 0 Å². The smallest absolute Gasteiger partial charge is 0.0868 e. The summed E-state index contributed by atoms with van der Waals surface area (Å²) in [5, 5.41) is 11.3. The average molecular weight is 192 g/mol. The molecule has 0 spiro atoms. The molecule has 0 fully saturated rings. The molecule has 0 aliphatic carbocycles. The predicted octanol–water partition coefficient (Wildman–Crippen LogP) is 0.642. The lowest BCUT2D eigenvalue weighted by molar-refractivity contribution is -0.490. The summed E-state index contributed by atoms with van der Waals surface area (Å²) in [6.07, 6.45) is 3.45. The Hall–Kier alpha value is -0.200. The monoisotopic (exact) mass is 192 g/mol. The quantitative estimate of drug-likeness (QED) is 0.298. The summed E-state index contributed by atoms with van der Waals surface area (Å²) in [7, 11) is 0. The maximum atomic E-state index is 7.85. The third-order valence-corrected chi connectivity index (χ3v) is 2.06. The van der Waals surface area contributed by atoms with Gasteiger partial charge in [0, 0.05) is 12.1 Å². The van der Waals surface area contributed by atoms with Gasteiger partial charge in [-0.05, 0) is 25.7 Å². The molecule has 5 nitrogen and oxygen atoms in total. The van der Waals surface area contributed by atoms with Crippen LogP contribution in [0.3, 0.4) is 0 Å². The van der Waals surface area contributed by atoms with Crippen LogP contribution in [0.15, 0.2) is 0 Å². The summed E-state index contributed by atoms with van der Waals surface area (Å²) in [5.74, 6) is 0. The largest absolute Gasteiger partial charge is 0.328 e. The van der Waals surface area contributed by atoms with Gasteiger partial charge in [0.05, 0.1) is 6.61 Å². The third kappa shape index (κ3) is 8.14. The zero-order valence-corrected chi connectivity index (χ0v) is 8.11. The summed E-state index contributed by atoms with van der Waals surface area (Å²) in [6, 6.07) is 0.300. The van der Waals surface area contributed by atoms with E-state index < -0.39 is 0 Å². The van der Waals surface area contributed by atoms with E-state index in [1.54, 1.807) is 0 Å². The Bertz CT molecular complexity index is 114. The van der Waals surface area contributed by atoms with Crippen LogP contribution in [0.1, 0.15) is 32.6 Å². The van der Waals surface area contributed by atoms with E-state index in [0.717, 1.165) is 19.3 Å². The van der Waals surface area contributed by atoms with E-state index in [0.29, 0.717) is 13.0 Å². The van der Waals surface area contributed by atoms with Crippen molar-refractivity contribution in [3.63, 3.8) is 0 Å². The summed E-state index contributed by atoms with van der Waals surface area (Å²) >= 11 is 0. The van der Waals surface area contributed by atoms with E-state index in [1.807, 2.05) is 0 Å². The van der Waals surface area contributed by atoms with Gasteiger partial charge in [0.1, 0.15) is 0 Å². The molecular weight excluding hydrogens is 172 g/mol. The highest BCUT2D eigenvalue weighted by Crippen LogP contribution is 2.03. The molecular formula is C8H20N2O3. The van der Waals surface area contributed by atoms with Crippen LogP contribution >= 0.6 is 0 Å². The van der Waals surface area contributed by atoms with Crippen molar-refractivity contribution in [2.45, 2.75) is 44.7 Å². The van der Waals surface area contributed by atoms with Gasteiger partial charge in [0.2, 0.25) is 0 Å². The van der Waals surface area contributed by atoms with Crippen molar-refractivity contribution in [2.24, 2.45) is 11.5 Å². The van der Waals surface area contributed by atoms with E-state index in [4.69, 9.17) is 16.7 Å². The standard InChI is InChI=1S/C8H20N2O3/c1-2-7(9)3-4-8(10)5-6-12-13-11/h7-8,11H,2-6,9-10H2,1H3. The Morgan fingerprint density at radius 1 is 1.15 bits per heavy atom. The minimum absolute atomic E-state index is 0.0627. The number of nitrogens with two attached hydrogens (primary N) is 2. The van der Waals surface area contributed by atoms with Crippen LogP contribution in [0.4, 0.5) is 0 Å². The number of hydrogen-bond acceptors (Lipinski definition) is 5. The third-order valence-electron chi connectivity index (χ3n) is 2.06. The van der Waals surface area contributed by atoms with Crippen molar-refractivity contribution < 1.29 is 15.2 Å². The van der Waals surface area contributed by atoms with Gasteiger partial charge in [-0.15, -0.1) is 0 Å². The molecule has 0 aliphatic rings. The van der Waals surface area contributed by atoms with E-state index >= 15 is 0 Å². The van der Waals surface area contributed by atoms with Crippen LogP contribution in [0.25, 0.3) is 0 Å². The summed E-state index contributed by atoms with van der Waals surface area (Å²) in [4.78, 5) is 4.28. The van der Waals surface area contributed by atoms with Gasteiger partial charge in [-0.2, -0.15) is 0 Å². The van der Waals surface area contributed by atoms with Gasteiger partial charge in [0.25, 0.3) is 0 Å². The van der Waals surface area contributed by atoms with Crippen molar-refractivity contribution in [3.05, 3.63) is 0 Å². The Labute approximate surface area is 78.9 Å². The zero-order valence-electron chi connectivity index (χ0n) is 8.11. The van der Waals surface area contributed by atoms with Crippen molar-refractivity contribution in [1.29, 1.82) is 0 Å². The lowest BCUT2D eigenvalue weighted by Gasteiger charge is -2.13. The fraction of sp³-hybridized carbons (Fsp3) is 1.00. The molecule has 5 N–H and O–H groups in total. The average Bonchev–Trinajstić information content (AvgIpc) is 2.14. The van der Waals surface area contributed by atoms with Gasteiger partial charge in [0.15, 0.2) is 0 Å². The molecule has 0 saturated carbocycles. The molecule has 0 aromatic heterocycles. The maximum absolute atomic E-state index is 7.85. The number of rotatable bonds is 8. The lowest BCUT2D eigenvalue weighted by atomic mass is 10.0. The summed E-state index contributed by atoms with van der Waals surface area (Å²) in [5.41, 5.74) is 11.5. The first-order valence-electron chi connectivity index (χ1n) is 4.64. The molecule has 0 amide bonds. The maximum Gasteiger partial charge on any atom is 0.0868 e. The molecule has 0 radical (unpaired) electrons. The molecule has 2 atom stereocenters. The van der Waals surface area contributed by atoms with E-state index in [-0.39, 0.29) is 12.1 Å². The van der Waals surface area contributed by atoms with Gasteiger partial charge in [-0.3, -0.25) is 0 Å². The highest BCUT2D eigenvalue weighted by atomic mass is 17.5. The second-order valence-corrected chi connectivity index (χ2v) is 3.19. The van der Waals surface area contributed by atoms with Gasteiger partial charge in [-0.25, -0.2) is 10.1 Å². The summed E-state index contributed by atoms with van der Waals surface area (Å²) < 4.78 is 0. The van der Waals surface area contributed by atoms with Crippen LogP contribution < -0.4 is 11.5 Å². The molecule has 0 bridgehead atoms. The van der Waals surface area contributed by atoms with Crippen LogP contribution in [0.5, 0.6) is 0 Å². The Kier molecular flexibility index (Phi) is 8.27. The van der Waals surface area contributed by atoms with Crippen molar-refractivity contribution in [2.75, 3.05) is 6.61 Å². The minimum Gasteiger partial charge on any atom is -0.328 e. The first-order valence-corrected chi connectivity index (χ1v) is 4.64. The molecule has 5 heteroatoms. The highest BCUT2D eigenvalue weighted by Gasteiger charge is 2.05. The van der Waals surface area contributed by atoms with Gasteiger partial charge >= 0.3 is 0 Å². The van der Waals surface area contributed by atoms with Crippen LogP contribution in [-0.2, 0) is 9.93 Å². The molecule has 0 aromatic rings. The van der Waals surface area contributed by atoms with Crippen LogP contribution in [0, 0.1) is 0 Å².